The Morgan fingerprint density at radius 2 is 1.87 bits per heavy atom. The predicted octanol–water partition coefficient (Wildman–Crippen LogP) is 2.42. The van der Waals surface area contributed by atoms with Crippen LogP contribution < -0.4 is 16.4 Å². The lowest BCUT2D eigenvalue weighted by molar-refractivity contribution is -0.125. The van der Waals surface area contributed by atoms with E-state index in [-0.39, 0.29) is 11.9 Å². The number of amides is 1. The Morgan fingerprint density at radius 1 is 1.07 bits per heavy atom. The van der Waals surface area contributed by atoms with Crippen molar-refractivity contribution in [1.82, 2.24) is 9.80 Å². The number of carbonyl (C=O) groups is 1. The molecule has 0 spiro atoms. The molecule has 1 saturated heterocycles. The van der Waals surface area contributed by atoms with E-state index < -0.39 is 0 Å². The average Bonchev–Trinajstić information content (AvgIpc) is 2.74. The number of para-hydroxylation sites is 1. The van der Waals surface area contributed by atoms with E-state index in [1.165, 1.54) is 26.7 Å². The average molecular weight is 426 g/mol. The van der Waals surface area contributed by atoms with Crippen molar-refractivity contribution in [2.24, 2.45) is 11.5 Å². The molecule has 0 bridgehead atoms. The van der Waals surface area contributed by atoms with E-state index in [9.17, 15) is 4.79 Å². The molecule has 1 atom stereocenters. The summed E-state index contributed by atoms with van der Waals surface area (Å²) < 4.78 is 0. The summed E-state index contributed by atoms with van der Waals surface area (Å²) in [5.74, 6) is -0.250. The monoisotopic (exact) mass is 425 g/mol. The molecule has 0 aromatic heterocycles. The number of anilines is 2. The number of fused-ring (bicyclic) bond motifs is 2. The Balaban J connectivity index is 1.43. The summed E-state index contributed by atoms with van der Waals surface area (Å²) in [4.78, 5) is 21.5. The van der Waals surface area contributed by atoms with Crippen LogP contribution in [0.4, 0.5) is 11.4 Å². The zero-order valence-corrected chi connectivity index (χ0v) is 18.4. The predicted molar refractivity (Wildman–Crippen MR) is 123 cm³/mol. The summed E-state index contributed by atoms with van der Waals surface area (Å²) >= 11 is 1.85. The Kier molecular flexibility index (Phi) is 6.63. The molecule has 2 aliphatic rings. The van der Waals surface area contributed by atoms with Crippen LogP contribution in [0.15, 0.2) is 52.3 Å². The summed E-state index contributed by atoms with van der Waals surface area (Å²) in [5.41, 5.74) is 15.2. The number of primary amides is 1. The zero-order valence-electron chi connectivity index (χ0n) is 17.6. The number of nitrogens with zero attached hydrogens (tertiary/aromatic N) is 3. The van der Waals surface area contributed by atoms with Crippen molar-refractivity contribution in [3.63, 3.8) is 0 Å². The lowest BCUT2D eigenvalue weighted by Crippen LogP contribution is -2.59. The SMILES string of the molecule is Cc1ccc2c(c1)N(CCCN1CCN(CCN)C(C(N)=O)C1)c1ccccc1S2. The van der Waals surface area contributed by atoms with E-state index in [0.717, 1.165) is 39.1 Å². The number of carbonyl (C=O) groups excluding carboxylic acids is 1. The van der Waals surface area contributed by atoms with Gasteiger partial charge in [-0.3, -0.25) is 14.6 Å². The molecule has 30 heavy (non-hydrogen) atoms. The highest BCUT2D eigenvalue weighted by atomic mass is 32.2. The van der Waals surface area contributed by atoms with E-state index in [0.29, 0.717) is 13.1 Å². The fourth-order valence-corrected chi connectivity index (χ4v) is 5.49. The van der Waals surface area contributed by atoms with E-state index >= 15 is 0 Å². The highest BCUT2D eigenvalue weighted by Gasteiger charge is 2.30. The molecule has 1 unspecified atom stereocenters. The number of hydrogen-bond acceptors (Lipinski definition) is 6. The van der Waals surface area contributed by atoms with Crippen LogP contribution in [-0.4, -0.2) is 67.6 Å². The van der Waals surface area contributed by atoms with Gasteiger partial charge in [0, 0.05) is 49.1 Å². The summed E-state index contributed by atoms with van der Waals surface area (Å²) in [6.07, 6.45) is 1.02. The number of nitrogens with two attached hydrogens (primary N) is 2. The number of rotatable bonds is 7. The van der Waals surface area contributed by atoms with Crippen LogP contribution in [0.25, 0.3) is 0 Å². The second-order valence-corrected chi connectivity index (χ2v) is 9.17. The van der Waals surface area contributed by atoms with E-state index in [1.54, 1.807) is 0 Å². The minimum absolute atomic E-state index is 0.238. The number of piperazine rings is 1. The van der Waals surface area contributed by atoms with Crippen LogP contribution in [0, 0.1) is 6.92 Å². The van der Waals surface area contributed by atoms with E-state index in [4.69, 9.17) is 11.5 Å². The topological polar surface area (TPSA) is 78.8 Å². The van der Waals surface area contributed by atoms with Crippen LogP contribution in [0.5, 0.6) is 0 Å². The van der Waals surface area contributed by atoms with Crippen molar-refractivity contribution in [2.45, 2.75) is 29.2 Å². The van der Waals surface area contributed by atoms with Crippen molar-refractivity contribution < 1.29 is 4.79 Å². The molecule has 0 aliphatic carbocycles. The lowest BCUT2D eigenvalue weighted by atomic mass is 10.1. The van der Waals surface area contributed by atoms with Crippen molar-refractivity contribution in [3.05, 3.63) is 48.0 Å². The maximum absolute atomic E-state index is 11.9. The molecular weight excluding hydrogens is 394 g/mol. The molecule has 2 aromatic carbocycles. The molecule has 7 heteroatoms. The van der Waals surface area contributed by atoms with Crippen molar-refractivity contribution in [1.29, 1.82) is 0 Å². The standard InChI is InChI=1S/C23H31N5OS/c1-17-7-8-22-19(15-17)28(18-5-2-3-6-21(18)30-22)11-4-10-26-13-14-27(12-9-24)20(16-26)23(25)29/h2-3,5-8,15,20H,4,9-14,16,24H2,1H3,(H2,25,29). The van der Waals surface area contributed by atoms with Gasteiger partial charge in [0.05, 0.1) is 11.4 Å². The number of aryl methyl sites for hydroxylation is 1. The van der Waals surface area contributed by atoms with Crippen LogP contribution in [0.3, 0.4) is 0 Å². The fourth-order valence-electron chi connectivity index (χ4n) is 4.42. The first kappa shape index (κ1) is 21.2. The van der Waals surface area contributed by atoms with Gasteiger partial charge in [-0.1, -0.05) is 30.0 Å². The molecule has 2 aliphatic heterocycles. The molecule has 2 aromatic rings. The summed E-state index contributed by atoms with van der Waals surface area (Å²) in [5, 5.41) is 0. The minimum Gasteiger partial charge on any atom is -0.368 e. The van der Waals surface area contributed by atoms with Gasteiger partial charge in [-0.15, -0.1) is 0 Å². The Labute approximate surface area is 183 Å². The molecule has 1 fully saturated rings. The van der Waals surface area contributed by atoms with Gasteiger partial charge in [-0.2, -0.15) is 0 Å². The largest absolute Gasteiger partial charge is 0.368 e. The van der Waals surface area contributed by atoms with Crippen molar-refractivity contribution >= 4 is 29.0 Å². The Bertz CT molecular complexity index is 905. The molecule has 4 N–H and O–H groups in total. The van der Waals surface area contributed by atoms with Crippen LogP contribution in [0.1, 0.15) is 12.0 Å². The van der Waals surface area contributed by atoms with Gasteiger partial charge < -0.3 is 16.4 Å². The molecule has 0 radical (unpaired) electrons. The fraction of sp³-hybridized carbons (Fsp3) is 0.435. The summed E-state index contributed by atoms with van der Waals surface area (Å²) in [6.45, 7) is 7.80. The zero-order chi connectivity index (χ0) is 21.1. The van der Waals surface area contributed by atoms with Gasteiger partial charge in [0.2, 0.25) is 5.91 Å². The van der Waals surface area contributed by atoms with Crippen LogP contribution >= 0.6 is 11.8 Å². The van der Waals surface area contributed by atoms with Gasteiger partial charge in [0.25, 0.3) is 0 Å². The highest BCUT2D eigenvalue weighted by molar-refractivity contribution is 7.99. The lowest BCUT2D eigenvalue weighted by Gasteiger charge is -2.40. The van der Waals surface area contributed by atoms with Gasteiger partial charge in [0.15, 0.2) is 0 Å². The van der Waals surface area contributed by atoms with Gasteiger partial charge in [-0.05, 0) is 49.7 Å². The number of hydrogen-bond donors (Lipinski definition) is 2. The van der Waals surface area contributed by atoms with Crippen molar-refractivity contribution in [2.75, 3.05) is 50.7 Å². The maximum atomic E-state index is 11.9. The van der Waals surface area contributed by atoms with Crippen molar-refractivity contribution in [3.8, 4) is 0 Å². The molecule has 4 rings (SSSR count). The molecule has 2 heterocycles. The highest BCUT2D eigenvalue weighted by Crippen LogP contribution is 2.48. The molecule has 6 nitrogen and oxygen atoms in total. The second-order valence-electron chi connectivity index (χ2n) is 8.09. The molecule has 1 amide bonds. The van der Waals surface area contributed by atoms with E-state index in [1.807, 2.05) is 11.8 Å². The molecule has 160 valence electrons. The third-order valence-corrected chi connectivity index (χ3v) is 7.09. The second kappa shape index (κ2) is 9.39. The maximum Gasteiger partial charge on any atom is 0.236 e. The third-order valence-electron chi connectivity index (χ3n) is 5.96. The quantitative estimate of drug-likeness (QED) is 0.709. The smallest absolute Gasteiger partial charge is 0.236 e. The van der Waals surface area contributed by atoms with E-state index in [2.05, 4.69) is 64.1 Å². The van der Waals surface area contributed by atoms with Gasteiger partial charge in [0.1, 0.15) is 6.04 Å². The first-order valence-corrected chi connectivity index (χ1v) is 11.5. The minimum atomic E-state index is -0.250. The Hall–Kier alpha value is -2.06. The van der Waals surface area contributed by atoms with Gasteiger partial charge >= 0.3 is 0 Å². The number of benzene rings is 2. The summed E-state index contributed by atoms with van der Waals surface area (Å²) in [7, 11) is 0. The first-order chi connectivity index (χ1) is 14.6. The third kappa shape index (κ3) is 4.49. The first-order valence-electron chi connectivity index (χ1n) is 10.7. The molecule has 0 saturated carbocycles. The van der Waals surface area contributed by atoms with Crippen LogP contribution in [-0.2, 0) is 4.79 Å². The van der Waals surface area contributed by atoms with Crippen LogP contribution in [0.2, 0.25) is 0 Å². The van der Waals surface area contributed by atoms with Gasteiger partial charge in [-0.25, -0.2) is 0 Å². The normalized spacial score (nSPS) is 19.4. The Morgan fingerprint density at radius 3 is 2.67 bits per heavy atom. The summed E-state index contributed by atoms with van der Waals surface area (Å²) in [6, 6.07) is 15.1. The molecular formula is C23H31N5OS.